The summed E-state index contributed by atoms with van der Waals surface area (Å²) in [4.78, 5) is 25.6. The van der Waals surface area contributed by atoms with Crippen LogP contribution in [0.1, 0.15) is 18.1 Å². The van der Waals surface area contributed by atoms with E-state index in [1.165, 1.54) is 0 Å². The number of aliphatic hydroxyl groups is 1. The number of rotatable bonds is 3. The molecule has 0 radical (unpaired) electrons. The summed E-state index contributed by atoms with van der Waals surface area (Å²) in [5.74, 6) is 1.23. The number of nitrogens with zero attached hydrogens (tertiary/aromatic N) is 1. The fourth-order valence-corrected chi connectivity index (χ4v) is 4.09. The average molecular weight is 327 g/mol. The van der Waals surface area contributed by atoms with Crippen LogP contribution in [-0.2, 0) is 4.79 Å². The van der Waals surface area contributed by atoms with Gasteiger partial charge in [-0.15, -0.1) is 0 Å². The van der Waals surface area contributed by atoms with Crippen molar-refractivity contribution in [3.8, 4) is 0 Å². The number of benzene rings is 1. The molecule has 0 saturated carbocycles. The third-order valence-corrected chi connectivity index (χ3v) is 5.32. The highest BCUT2D eigenvalue weighted by atomic mass is 35.5. The van der Waals surface area contributed by atoms with Crippen LogP contribution in [0.2, 0.25) is 5.02 Å². The smallest absolute Gasteiger partial charge is 0.325 e. The van der Waals surface area contributed by atoms with Crippen molar-refractivity contribution < 1.29 is 14.7 Å². The number of urea groups is 1. The van der Waals surface area contributed by atoms with Gasteiger partial charge in [0, 0.05) is 10.8 Å². The zero-order chi connectivity index (χ0) is 15.0. The van der Waals surface area contributed by atoms with E-state index in [9.17, 15) is 14.7 Å². The number of imide groups is 1. The molecule has 2 atom stereocenters. The normalized spacial score (nSPS) is 26.5. The Balaban J connectivity index is 1.74. The van der Waals surface area contributed by atoms with Crippen LogP contribution in [0.25, 0.3) is 0 Å². The van der Waals surface area contributed by atoms with E-state index in [0.29, 0.717) is 22.8 Å². The minimum absolute atomic E-state index is 0.0429. The SMILES string of the molecule is O=C1NC2(CCSC2)C(=O)N1CC(O)c1ccc(Cl)cc1. The molecular formula is C14H15ClN2O3S. The first-order valence-corrected chi connectivity index (χ1v) is 8.20. The first kappa shape index (κ1) is 14.7. The summed E-state index contributed by atoms with van der Waals surface area (Å²) in [6.45, 7) is -0.0429. The maximum Gasteiger partial charge on any atom is 0.325 e. The van der Waals surface area contributed by atoms with Crippen molar-refractivity contribution >= 4 is 35.3 Å². The second-order valence-corrected chi connectivity index (χ2v) is 6.84. The first-order chi connectivity index (χ1) is 10.0. The summed E-state index contributed by atoms with van der Waals surface area (Å²) in [7, 11) is 0. The average Bonchev–Trinajstić information content (AvgIpc) is 3.01. The van der Waals surface area contributed by atoms with Gasteiger partial charge in [-0.2, -0.15) is 11.8 Å². The Kier molecular flexibility index (Phi) is 3.86. The third kappa shape index (κ3) is 2.63. The Bertz CT molecular complexity index is 572. The van der Waals surface area contributed by atoms with Crippen molar-refractivity contribution in [2.45, 2.75) is 18.1 Å². The van der Waals surface area contributed by atoms with Crippen LogP contribution in [0.5, 0.6) is 0 Å². The summed E-state index contributed by atoms with van der Waals surface area (Å²) >= 11 is 7.46. The quantitative estimate of drug-likeness (QED) is 0.831. The van der Waals surface area contributed by atoms with E-state index in [2.05, 4.69) is 5.32 Å². The van der Waals surface area contributed by atoms with Gasteiger partial charge in [-0.05, 0) is 29.9 Å². The van der Waals surface area contributed by atoms with Gasteiger partial charge in [0.2, 0.25) is 0 Å². The Morgan fingerprint density at radius 2 is 2.10 bits per heavy atom. The van der Waals surface area contributed by atoms with Crippen LogP contribution >= 0.6 is 23.4 Å². The van der Waals surface area contributed by atoms with Crippen LogP contribution in [-0.4, -0.2) is 45.5 Å². The van der Waals surface area contributed by atoms with Gasteiger partial charge in [0.1, 0.15) is 5.54 Å². The number of aliphatic hydroxyl groups excluding tert-OH is 1. The van der Waals surface area contributed by atoms with Crippen molar-refractivity contribution in [3.63, 3.8) is 0 Å². The Morgan fingerprint density at radius 3 is 2.71 bits per heavy atom. The van der Waals surface area contributed by atoms with Gasteiger partial charge in [-0.1, -0.05) is 23.7 Å². The molecule has 2 heterocycles. The van der Waals surface area contributed by atoms with Gasteiger partial charge in [0.05, 0.1) is 12.6 Å². The van der Waals surface area contributed by atoms with Crippen LogP contribution in [0.15, 0.2) is 24.3 Å². The largest absolute Gasteiger partial charge is 0.387 e. The summed E-state index contributed by atoms with van der Waals surface area (Å²) in [6, 6.07) is 6.29. The number of carbonyl (C=O) groups is 2. The lowest BCUT2D eigenvalue weighted by Gasteiger charge is -2.21. The minimum Gasteiger partial charge on any atom is -0.387 e. The molecule has 0 aromatic heterocycles. The highest BCUT2D eigenvalue weighted by molar-refractivity contribution is 7.99. The van der Waals surface area contributed by atoms with E-state index in [1.807, 2.05) is 0 Å². The minimum atomic E-state index is -0.916. The van der Waals surface area contributed by atoms with E-state index in [0.717, 1.165) is 10.7 Å². The highest BCUT2D eigenvalue weighted by Crippen LogP contribution is 2.34. The number of β-amino-alcohol motifs (C(OH)–C–C–N with tert-alkyl or cyclic N) is 1. The van der Waals surface area contributed by atoms with Crippen molar-refractivity contribution in [3.05, 3.63) is 34.9 Å². The van der Waals surface area contributed by atoms with Crippen molar-refractivity contribution in [1.82, 2.24) is 10.2 Å². The predicted molar refractivity (Wildman–Crippen MR) is 81.3 cm³/mol. The van der Waals surface area contributed by atoms with Crippen molar-refractivity contribution in [2.75, 3.05) is 18.1 Å². The summed E-state index contributed by atoms with van der Waals surface area (Å²) < 4.78 is 0. The topological polar surface area (TPSA) is 69.6 Å². The third-order valence-electron chi connectivity index (χ3n) is 3.88. The van der Waals surface area contributed by atoms with Gasteiger partial charge in [0.25, 0.3) is 5.91 Å². The molecule has 3 rings (SSSR count). The van der Waals surface area contributed by atoms with Crippen molar-refractivity contribution in [2.24, 2.45) is 0 Å². The van der Waals surface area contributed by atoms with E-state index in [4.69, 9.17) is 11.6 Å². The molecule has 2 saturated heterocycles. The molecule has 1 aromatic carbocycles. The standard InChI is InChI=1S/C14H15ClN2O3S/c15-10-3-1-9(2-4-10)11(18)7-17-12(19)14(16-13(17)20)5-6-21-8-14/h1-4,11,18H,5-8H2,(H,16,20). The monoisotopic (exact) mass is 326 g/mol. The van der Waals surface area contributed by atoms with Crippen molar-refractivity contribution in [1.29, 1.82) is 0 Å². The van der Waals surface area contributed by atoms with E-state index < -0.39 is 17.7 Å². The molecule has 3 amide bonds. The lowest BCUT2D eigenvalue weighted by Crippen LogP contribution is -2.47. The predicted octanol–water partition coefficient (Wildman–Crippen LogP) is 1.80. The Labute approximate surface area is 131 Å². The molecule has 2 aliphatic rings. The molecule has 7 heteroatoms. The number of hydrogen-bond donors (Lipinski definition) is 2. The summed E-state index contributed by atoms with van der Waals surface area (Å²) in [5, 5.41) is 13.6. The molecule has 0 bridgehead atoms. The fourth-order valence-electron chi connectivity index (χ4n) is 2.64. The summed E-state index contributed by atoms with van der Waals surface area (Å²) in [6.07, 6.45) is -0.267. The number of amides is 3. The van der Waals surface area contributed by atoms with Crippen LogP contribution in [0.3, 0.4) is 0 Å². The van der Waals surface area contributed by atoms with Crippen LogP contribution in [0, 0.1) is 0 Å². The highest BCUT2D eigenvalue weighted by Gasteiger charge is 2.53. The van der Waals surface area contributed by atoms with Gasteiger partial charge >= 0.3 is 6.03 Å². The molecule has 21 heavy (non-hydrogen) atoms. The molecule has 1 aromatic rings. The van der Waals surface area contributed by atoms with E-state index >= 15 is 0 Å². The van der Waals surface area contributed by atoms with Gasteiger partial charge in [-0.3, -0.25) is 9.69 Å². The Hall–Kier alpha value is -1.24. The zero-order valence-electron chi connectivity index (χ0n) is 11.2. The number of hydrogen-bond acceptors (Lipinski definition) is 4. The molecule has 2 N–H and O–H groups in total. The van der Waals surface area contributed by atoms with Gasteiger partial charge < -0.3 is 10.4 Å². The molecule has 2 fully saturated rings. The van der Waals surface area contributed by atoms with Crippen LogP contribution < -0.4 is 5.32 Å². The van der Waals surface area contributed by atoms with Gasteiger partial charge in [-0.25, -0.2) is 4.79 Å². The number of carbonyl (C=O) groups excluding carboxylic acids is 2. The molecule has 2 unspecified atom stereocenters. The molecule has 2 aliphatic heterocycles. The first-order valence-electron chi connectivity index (χ1n) is 6.67. The second kappa shape index (κ2) is 5.51. The number of thioether (sulfide) groups is 1. The Morgan fingerprint density at radius 1 is 1.38 bits per heavy atom. The number of nitrogens with one attached hydrogen (secondary N) is 1. The lowest BCUT2D eigenvalue weighted by atomic mass is 9.99. The lowest BCUT2D eigenvalue weighted by molar-refractivity contribution is -0.131. The van der Waals surface area contributed by atoms with E-state index in [1.54, 1.807) is 36.0 Å². The van der Waals surface area contributed by atoms with E-state index in [-0.39, 0.29) is 12.5 Å². The molecular weight excluding hydrogens is 312 g/mol. The zero-order valence-corrected chi connectivity index (χ0v) is 12.8. The fraction of sp³-hybridized carbons (Fsp3) is 0.429. The molecule has 0 aliphatic carbocycles. The summed E-state index contributed by atoms with van der Waals surface area (Å²) in [5.41, 5.74) is -0.136. The van der Waals surface area contributed by atoms with Gasteiger partial charge in [0.15, 0.2) is 0 Å². The molecule has 5 nitrogen and oxygen atoms in total. The number of halogens is 1. The molecule has 112 valence electrons. The second-order valence-electron chi connectivity index (χ2n) is 5.30. The van der Waals surface area contributed by atoms with Crippen LogP contribution in [0.4, 0.5) is 4.79 Å². The maximum absolute atomic E-state index is 12.5. The molecule has 1 spiro atoms. The maximum atomic E-state index is 12.5.